The maximum atomic E-state index is 11.2. The van der Waals surface area contributed by atoms with Gasteiger partial charge >= 0.3 is 6.03 Å². The smallest absolute Gasteiger partial charge is 0.314 e. The second-order valence-corrected chi connectivity index (χ2v) is 3.88. The summed E-state index contributed by atoms with van der Waals surface area (Å²) < 4.78 is 0. The van der Waals surface area contributed by atoms with Crippen LogP contribution in [-0.2, 0) is 4.79 Å². The zero-order chi connectivity index (χ0) is 12.9. The molecule has 0 aromatic rings. The Kier molecular flexibility index (Phi) is 10.6. The van der Waals surface area contributed by atoms with E-state index in [1.165, 1.54) is 0 Å². The normalized spacial score (nSPS) is 10.3. The molecule has 0 aliphatic rings. The van der Waals surface area contributed by atoms with E-state index in [-0.39, 0.29) is 31.7 Å². The molecule has 0 spiro atoms. The van der Waals surface area contributed by atoms with Gasteiger partial charge in [-0.2, -0.15) is 0 Å². The SMILES string of the molecule is O=CCCCCCNC(=O)NCC(CO)CO. The Labute approximate surface area is 101 Å². The number of amides is 2. The molecule has 0 bridgehead atoms. The molecule has 0 aliphatic carbocycles. The van der Waals surface area contributed by atoms with Crippen LogP contribution in [0.1, 0.15) is 25.7 Å². The van der Waals surface area contributed by atoms with Gasteiger partial charge in [-0.25, -0.2) is 4.79 Å². The van der Waals surface area contributed by atoms with Crippen LogP contribution in [0.25, 0.3) is 0 Å². The van der Waals surface area contributed by atoms with Crippen molar-refractivity contribution in [2.45, 2.75) is 25.7 Å². The maximum Gasteiger partial charge on any atom is 0.314 e. The number of carbonyl (C=O) groups is 2. The fourth-order valence-corrected chi connectivity index (χ4v) is 1.22. The van der Waals surface area contributed by atoms with Gasteiger partial charge in [-0.3, -0.25) is 0 Å². The fourth-order valence-electron chi connectivity index (χ4n) is 1.22. The fraction of sp³-hybridized carbons (Fsp3) is 0.818. The molecular weight excluding hydrogens is 224 g/mol. The molecule has 17 heavy (non-hydrogen) atoms. The molecule has 0 saturated carbocycles. The minimum Gasteiger partial charge on any atom is -0.396 e. The Morgan fingerprint density at radius 1 is 1.12 bits per heavy atom. The number of unbranched alkanes of at least 4 members (excludes halogenated alkanes) is 3. The van der Waals surface area contributed by atoms with E-state index in [0.717, 1.165) is 25.5 Å². The van der Waals surface area contributed by atoms with Gasteiger partial charge in [0.1, 0.15) is 6.29 Å². The quantitative estimate of drug-likeness (QED) is 0.313. The summed E-state index contributed by atoms with van der Waals surface area (Å²) in [7, 11) is 0. The number of hydrogen-bond acceptors (Lipinski definition) is 4. The summed E-state index contributed by atoms with van der Waals surface area (Å²) in [6, 6.07) is -0.299. The van der Waals surface area contributed by atoms with E-state index in [2.05, 4.69) is 10.6 Å². The third kappa shape index (κ3) is 9.77. The average molecular weight is 246 g/mol. The highest BCUT2D eigenvalue weighted by atomic mass is 16.3. The van der Waals surface area contributed by atoms with Crippen molar-refractivity contribution in [3.8, 4) is 0 Å². The Morgan fingerprint density at radius 2 is 1.82 bits per heavy atom. The highest BCUT2D eigenvalue weighted by molar-refractivity contribution is 5.73. The van der Waals surface area contributed by atoms with Crippen LogP contribution < -0.4 is 10.6 Å². The van der Waals surface area contributed by atoms with Gasteiger partial charge in [0.05, 0.1) is 0 Å². The monoisotopic (exact) mass is 246 g/mol. The van der Waals surface area contributed by atoms with Crippen LogP contribution in [0.5, 0.6) is 0 Å². The van der Waals surface area contributed by atoms with Gasteiger partial charge < -0.3 is 25.6 Å². The van der Waals surface area contributed by atoms with Gasteiger partial charge in [-0.05, 0) is 12.8 Å². The summed E-state index contributed by atoms with van der Waals surface area (Å²) in [6.07, 6.45) is 4.06. The lowest BCUT2D eigenvalue weighted by atomic mass is 10.2. The van der Waals surface area contributed by atoms with Crippen molar-refractivity contribution in [2.75, 3.05) is 26.3 Å². The summed E-state index contributed by atoms with van der Waals surface area (Å²) in [5.74, 6) is -0.312. The Morgan fingerprint density at radius 3 is 2.41 bits per heavy atom. The van der Waals surface area contributed by atoms with Crippen molar-refractivity contribution in [3.63, 3.8) is 0 Å². The molecule has 0 fully saturated rings. The van der Waals surface area contributed by atoms with E-state index in [4.69, 9.17) is 10.2 Å². The maximum absolute atomic E-state index is 11.2. The first-order valence-electron chi connectivity index (χ1n) is 5.91. The molecule has 0 aromatic heterocycles. The first-order valence-corrected chi connectivity index (χ1v) is 5.91. The van der Waals surface area contributed by atoms with Crippen LogP contribution in [0.4, 0.5) is 4.79 Å². The molecule has 4 N–H and O–H groups in total. The molecule has 0 aromatic carbocycles. The van der Waals surface area contributed by atoms with Gasteiger partial charge in [-0.1, -0.05) is 6.42 Å². The Hall–Kier alpha value is -1.14. The second kappa shape index (κ2) is 11.3. The molecule has 0 saturated heterocycles. The highest BCUT2D eigenvalue weighted by Gasteiger charge is 2.07. The van der Waals surface area contributed by atoms with Gasteiger partial charge in [0.25, 0.3) is 0 Å². The molecule has 0 radical (unpaired) electrons. The number of hydrogen-bond donors (Lipinski definition) is 4. The molecule has 0 aliphatic heterocycles. The summed E-state index contributed by atoms with van der Waals surface area (Å²) >= 11 is 0. The van der Waals surface area contributed by atoms with Crippen LogP contribution >= 0.6 is 0 Å². The highest BCUT2D eigenvalue weighted by Crippen LogP contribution is 1.96. The predicted octanol–water partition coefficient (Wildman–Crippen LogP) is -0.354. The topological polar surface area (TPSA) is 98.7 Å². The van der Waals surface area contributed by atoms with Gasteiger partial charge in [-0.15, -0.1) is 0 Å². The van der Waals surface area contributed by atoms with Crippen molar-refractivity contribution in [3.05, 3.63) is 0 Å². The van der Waals surface area contributed by atoms with E-state index in [9.17, 15) is 9.59 Å². The lowest BCUT2D eigenvalue weighted by molar-refractivity contribution is -0.107. The largest absolute Gasteiger partial charge is 0.396 e. The minimum atomic E-state index is -0.312. The Bertz CT molecular complexity index is 208. The lowest BCUT2D eigenvalue weighted by Gasteiger charge is -2.12. The van der Waals surface area contributed by atoms with Crippen LogP contribution in [0.3, 0.4) is 0 Å². The van der Waals surface area contributed by atoms with Crippen LogP contribution in [0, 0.1) is 5.92 Å². The molecule has 0 rings (SSSR count). The molecule has 6 heteroatoms. The van der Waals surface area contributed by atoms with E-state index in [1.807, 2.05) is 0 Å². The lowest BCUT2D eigenvalue weighted by Crippen LogP contribution is -2.40. The summed E-state index contributed by atoms with van der Waals surface area (Å²) in [4.78, 5) is 21.3. The summed E-state index contributed by atoms with van der Waals surface area (Å²) in [5.41, 5.74) is 0. The third-order valence-electron chi connectivity index (χ3n) is 2.35. The first kappa shape index (κ1) is 15.9. The van der Waals surface area contributed by atoms with E-state index in [1.54, 1.807) is 0 Å². The van der Waals surface area contributed by atoms with Gasteiger partial charge in [0.2, 0.25) is 0 Å². The molecular formula is C11H22N2O4. The zero-order valence-electron chi connectivity index (χ0n) is 10.0. The van der Waals surface area contributed by atoms with E-state index < -0.39 is 0 Å². The number of aliphatic hydroxyl groups is 2. The van der Waals surface area contributed by atoms with Gasteiger partial charge in [0, 0.05) is 38.6 Å². The second-order valence-electron chi connectivity index (χ2n) is 3.88. The van der Waals surface area contributed by atoms with Crippen molar-refractivity contribution >= 4 is 12.3 Å². The van der Waals surface area contributed by atoms with Crippen molar-refractivity contribution < 1.29 is 19.8 Å². The third-order valence-corrected chi connectivity index (χ3v) is 2.35. The number of urea groups is 1. The number of rotatable bonds is 10. The van der Waals surface area contributed by atoms with Crippen LogP contribution in [-0.4, -0.2) is 48.8 Å². The molecule has 0 atom stereocenters. The van der Waals surface area contributed by atoms with E-state index >= 15 is 0 Å². The number of carbonyl (C=O) groups excluding carboxylic acids is 2. The van der Waals surface area contributed by atoms with Crippen LogP contribution in [0.15, 0.2) is 0 Å². The van der Waals surface area contributed by atoms with Crippen molar-refractivity contribution in [1.82, 2.24) is 10.6 Å². The number of aliphatic hydroxyl groups excluding tert-OH is 2. The average Bonchev–Trinajstić information content (AvgIpc) is 2.35. The number of aldehydes is 1. The molecule has 2 amide bonds. The molecule has 0 unspecified atom stereocenters. The predicted molar refractivity (Wildman–Crippen MR) is 63.6 cm³/mol. The van der Waals surface area contributed by atoms with E-state index in [0.29, 0.717) is 13.0 Å². The summed E-state index contributed by atoms with van der Waals surface area (Å²) in [5, 5.41) is 22.8. The van der Waals surface area contributed by atoms with Crippen molar-refractivity contribution in [1.29, 1.82) is 0 Å². The number of nitrogens with one attached hydrogen (secondary N) is 2. The zero-order valence-corrected chi connectivity index (χ0v) is 10.0. The summed E-state index contributed by atoms with van der Waals surface area (Å²) in [6.45, 7) is 0.516. The minimum absolute atomic E-state index is 0.150. The standard InChI is InChI=1S/C11H22N2O4/c14-6-4-2-1-3-5-12-11(17)13-7-10(8-15)9-16/h6,10,15-16H,1-5,7-9H2,(H2,12,13,17). The van der Waals surface area contributed by atoms with Crippen LogP contribution in [0.2, 0.25) is 0 Å². The molecule has 6 nitrogen and oxygen atoms in total. The van der Waals surface area contributed by atoms with Crippen molar-refractivity contribution in [2.24, 2.45) is 5.92 Å². The first-order chi connectivity index (χ1) is 8.24. The Balaban J connectivity index is 3.37. The van der Waals surface area contributed by atoms with Gasteiger partial charge in [0.15, 0.2) is 0 Å². The molecule has 100 valence electrons. The molecule has 0 heterocycles.